The van der Waals surface area contributed by atoms with E-state index in [2.05, 4.69) is 206 Å². The molecule has 54 heavy (non-hydrogen) atoms. The first-order valence-corrected chi connectivity index (χ1v) is 18.4. The number of nitrogens with zero attached hydrogens (tertiary/aromatic N) is 2. The first-order chi connectivity index (χ1) is 26.8. The quantitative estimate of drug-likeness (QED) is 0.129. The van der Waals surface area contributed by atoms with Crippen molar-refractivity contribution in [3.8, 4) is 67.3 Å². The average molecular weight is 687 g/mol. The summed E-state index contributed by atoms with van der Waals surface area (Å²) in [5.74, 6) is 0.704. The predicted molar refractivity (Wildman–Crippen MR) is 227 cm³/mol. The Labute approximate surface area is 314 Å². The van der Waals surface area contributed by atoms with Crippen LogP contribution in [0, 0.1) is 0 Å². The molecule has 10 aromatic rings. The van der Waals surface area contributed by atoms with Crippen LogP contribution in [0.15, 0.2) is 206 Å². The van der Waals surface area contributed by atoms with Crippen molar-refractivity contribution in [1.29, 1.82) is 0 Å². The Morgan fingerprint density at radius 3 is 1.52 bits per heavy atom. The molecule has 0 unspecified atom stereocenters. The van der Waals surface area contributed by atoms with Crippen LogP contribution in [0.3, 0.4) is 0 Å². The number of aromatic nitrogens is 2. The van der Waals surface area contributed by atoms with Gasteiger partial charge in [0.15, 0.2) is 5.82 Å². The van der Waals surface area contributed by atoms with Crippen LogP contribution in [-0.2, 0) is 0 Å². The molecule has 2 heteroatoms. The minimum atomic E-state index is 0.704. The Kier molecular flexibility index (Phi) is 7.85. The molecule has 0 saturated carbocycles. The molecule has 9 aromatic carbocycles. The van der Waals surface area contributed by atoms with Gasteiger partial charge in [0, 0.05) is 16.7 Å². The fourth-order valence-electron chi connectivity index (χ4n) is 7.81. The molecule has 1 aromatic heterocycles. The molecule has 2 nitrogen and oxygen atoms in total. The fourth-order valence-corrected chi connectivity index (χ4v) is 7.81. The molecule has 0 N–H and O–H groups in total. The van der Waals surface area contributed by atoms with Crippen LogP contribution in [0.25, 0.3) is 99.6 Å². The van der Waals surface area contributed by atoms with Crippen molar-refractivity contribution in [1.82, 2.24) is 9.97 Å². The monoisotopic (exact) mass is 686 g/mol. The van der Waals surface area contributed by atoms with Gasteiger partial charge in [0.1, 0.15) is 0 Å². The molecule has 0 amide bonds. The zero-order valence-corrected chi connectivity index (χ0v) is 29.5. The number of rotatable bonds is 6. The maximum atomic E-state index is 5.55. The van der Waals surface area contributed by atoms with E-state index in [1.807, 2.05) is 0 Å². The molecule has 0 spiro atoms. The zero-order valence-electron chi connectivity index (χ0n) is 29.5. The molecule has 0 bridgehead atoms. The molecule has 0 radical (unpaired) electrons. The summed E-state index contributed by atoms with van der Waals surface area (Å²) in [5, 5.41) is 7.05. The molecule has 0 aliphatic carbocycles. The minimum Gasteiger partial charge on any atom is -0.228 e. The summed E-state index contributed by atoms with van der Waals surface area (Å²) in [7, 11) is 0. The number of fused-ring (bicyclic) bond motifs is 4. The number of hydrogen-bond donors (Lipinski definition) is 0. The minimum absolute atomic E-state index is 0.704. The van der Waals surface area contributed by atoms with Crippen LogP contribution in [0.1, 0.15) is 0 Å². The zero-order chi connectivity index (χ0) is 35.8. The molecule has 0 saturated heterocycles. The van der Waals surface area contributed by atoms with Gasteiger partial charge in [-0.15, -0.1) is 0 Å². The lowest BCUT2D eigenvalue weighted by Crippen LogP contribution is -1.99. The summed E-state index contributed by atoms with van der Waals surface area (Å²) in [6.45, 7) is 0. The predicted octanol–water partition coefficient (Wildman–Crippen LogP) is 13.9. The molecule has 10 rings (SSSR count). The van der Waals surface area contributed by atoms with Crippen molar-refractivity contribution in [2.24, 2.45) is 0 Å². The maximum Gasteiger partial charge on any atom is 0.161 e. The summed E-state index contributed by atoms with van der Waals surface area (Å²) in [4.78, 5) is 11.0. The summed E-state index contributed by atoms with van der Waals surface area (Å²) in [5.41, 5.74) is 11.8. The lowest BCUT2D eigenvalue weighted by atomic mass is 9.91. The van der Waals surface area contributed by atoms with Crippen molar-refractivity contribution in [3.63, 3.8) is 0 Å². The van der Waals surface area contributed by atoms with Crippen molar-refractivity contribution in [3.05, 3.63) is 206 Å². The van der Waals surface area contributed by atoms with Gasteiger partial charge in [0.2, 0.25) is 0 Å². The van der Waals surface area contributed by atoms with Crippen molar-refractivity contribution in [2.75, 3.05) is 0 Å². The van der Waals surface area contributed by atoms with E-state index in [0.717, 1.165) is 66.5 Å². The van der Waals surface area contributed by atoms with Gasteiger partial charge in [0.25, 0.3) is 0 Å². The lowest BCUT2D eigenvalue weighted by molar-refractivity contribution is 1.19. The Hall–Kier alpha value is -7.16. The molecule has 0 fully saturated rings. The second-order valence-electron chi connectivity index (χ2n) is 13.8. The van der Waals surface area contributed by atoms with Gasteiger partial charge >= 0.3 is 0 Å². The molecule has 252 valence electrons. The number of hydrogen-bond acceptors (Lipinski definition) is 2. The Bertz CT molecular complexity index is 2950. The van der Waals surface area contributed by atoms with E-state index in [1.165, 1.54) is 27.3 Å². The van der Waals surface area contributed by atoms with E-state index in [0.29, 0.717) is 5.82 Å². The SMILES string of the molecule is c1ccc(-c2ccc(-c3cc(-c4cc(-c5ccccc5)ccc4-c4ccccc4)nc(-c4c5ccccc5cc5c4ccc4ccccc45)n3)cc2)cc1. The van der Waals surface area contributed by atoms with E-state index in [-0.39, 0.29) is 0 Å². The highest BCUT2D eigenvalue weighted by atomic mass is 14.9. The van der Waals surface area contributed by atoms with Gasteiger partial charge in [-0.25, -0.2) is 9.97 Å². The molecular weight excluding hydrogens is 653 g/mol. The lowest BCUT2D eigenvalue weighted by Gasteiger charge is -2.17. The summed E-state index contributed by atoms with van der Waals surface area (Å²) in [6.07, 6.45) is 0. The highest BCUT2D eigenvalue weighted by molar-refractivity contribution is 6.19. The first kappa shape index (κ1) is 31.6. The van der Waals surface area contributed by atoms with Gasteiger partial charge in [-0.2, -0.15) is 0 Å². The highest BCUT2D eigenvalue weighted by Crippen LogP contribution is 2.41. The fraction of sp³-hybridized carbons (Fsp3) is 0. The topological polar surface area (TPSA) is 25.8 Å². The summed E-state index contributed by atoms with van der Waals surface area (Å²) < 4.78 is 0. The second kappa shape index (κ2) is 13.4. The molecule has 0 atom stereocenters. The smallest absolute Gasteiger partial charge is 0.161 e. The first-order valence-electron chi connectivity index (χ1n) is 18.4. The van der Waals surface area contributed by atoms with Crippen molar-refractivity contribution >= 4 is 32.3 Å². The third-order valence-electron chi connectivity index (χ3n) is 10.5. The van der Waals surface area contributed by atoms with Crippen molar-refractivity contribution < 1.29 is 0 Å². The standard InChI is InChI=1S/C52H34N2/c1-4-14-35(15-5-1)37-24-26-40(27-25-37)49-34-50(48-32-41(36-16-6-2-7-17-36)29-30-44(48)38-18-8-3-9-19-38)54-52(53-49)51-45-23-13-11-21-42(45)33-47-43-22-12-10-20-39(43)28-31-46(47)51/h1-34H. The van der Waals surface area contributed by atoms with Gasteiger partial charge in [-0.3, -0.25) is 0 Å². The van der Waals surface area contributed by atoms with Crippen LogP contribution in [-0.4, -0.2) is 9.97 Å². The Balaban J connectivity index is 1.27. The largest absolute Gasteiger partial charge is 0.228 e. The van der Waals surface area contributed by atoms with Crippen LogP contribution < -0.4 is 0 Å². The Morgan fingerprint density at radius 2 is 0.796 bits per heavy atom. The van der Waals surface area contributed by atoms with Crippen LogP contribution in [0.4, 0.5) is 0 Å². The second-order valence-corrected chi connectivity index (χ2v) is 13.8. The van der Waals surface area contributed by atoms with Gasteiger partial charge < -0.3 is 0 Å². The van der Waals surface area contributed by atoms with Gasteiger partial charge in [-0.1, -0.05) is 188 Å². The third kappa shape index (κ3) is 5.71. The van der Waals surface area contributed by atoms with E-state index in [4.69, 9.17) is 9.97 Å². The molecule has 1 heterocycles. The molecular formula is C52H34N2. The molecule has 0 aliphatic heterocycles. The van der Waals surface area contributed by atoms with Crippen LogP contribution >= 0.6 is 0 Å². The summed E-state index contributed by atoms with van der Waals surface area (Å²) in [6, 6.07) is 73.4. The van der Waals surface area contributed by atoms with Crippen molar-refractivity contribution in [2.45, 2.75) is 0 Å². The maximum absolute atomic E-state index is 5.55. The third-order valence-corrected chi connectivity index (χ3v) is 10.5. The van der Waals surface area contributed by atoms with Crippen LogP contribution in [0.2, 0.25) is 0 Å². The summed E-state index contributed by atoms with van der Waals surface area (Å²) >= 11 is 0. The normalized spacial score (nSPS) is 11.3. The number of benzene rings is 9. The van der Waals surface area contributed by atoms with E-state index >= 15 is 0 Å². The highest BCUT2D eigenvalue weighted by Gasteiger charge is 2.19. The van der Waals surface area contributed by atoms with Gasteiger partial charge in [0.05, 0.1) is 11.4 Å². The van der Waals surface area contributed by atoms with E-state index < -0.39 is 0 Å². The Morgan fingerprint density at radius 1 is 0.259 bits per heavy atom. The van der Waals surface area contributed by atoms with E-state index in [9.17, 15) is 0 Å². The van der Waals surface area contributed by atoms with E-state index in [1.54, 1.807) is 0 Å². The molecule has 0 aliphatic rings. The van der Waals surface area contributed by atoms with Crippen LogP contribution in [0.5, 0.6) is 0 Å². The average Bonchev–Trinajstić information content (AvgIpc) is 3.26. The van der Waals surface area contributed by atoms with Gasteiger partial charge in [-0.05, 0) is 83.9 Å².